The second kappa shape index (κ2) is 8.19. The molecule has 1 amide bonds. The lowest BCUT2D eigenvalue weighted by Crippen LogP contribution is -2.34. The van der Waals surface area contributed by atoms with Gasteiger partial charge in [0.05, 0.1) is 30.0 Å². The van der Waals surface area contributed by atoms with E-state index >= 15 is 0 Å². The van der Waals surface area contributed by atoms with E-state index in [0.29, 0.717) is 32.8 Å². The summed E-state index contributed by atoms with van der Waals surface area (Å²) in [5, 5.41) is 6.20. The van der Waals surface area contributed by atoms with Crippen LogP contribution >= 0.6 is 35.4 Å². The van der Waals surface area contributed by atoms with Crippen molar-refractivity contribution >= 4 is 52.1 Å². The van der Waals surface area contributed by atoms with E-state index in [-0.39, 0.29) is 5.11 Å². The fourth-order valence-electron chi connectivity index (χ4n) is 1.91. The van der Waals surface area contributed by atoms with Crippen LogP contribution in [0.1, 0.15) is 10.4 Å². The van der Waals surface area contributed by atoms with Crippen molar-refractivity contribution in [3.63, 3.8) is 0 Å². The molecule has 0 radical (unpaired) electrons. The maximum Gasteiger partial charge on any atom is 0.257 e. The van der Waals surface area contributed by atoms with Crippen LogP contribution in [0.3, 0.4) is 0 Å². The van der Waals surface area contributed by atoms with E-state index in [4.69, 9.17) is 44.9 Å². The molecule has 2 rings (SSSR count). The Morgan fingerprint density at radius 3 is 2.46 bits per heavy atom. The molecule has 0 unspecified atom stereocenters. The van der Waals surface area contributed by atoms with Gasteiger partial charge in [0, 0.05) is 5.56 Å². The molecular weight excluding hydrogens is 371 g/mol. The Hall–Kier alpha value is -2.02. The molecule has 0 saturated heterocycles. The minimum atomic E-state index is -0.397. The van der Waals surface area contributed by atoms with E-state index < -0.39 is 5.91 Å². The summed E-state index contributed by atoms with van der Waals surface area (Å²) in [4.78, 5) is 12.3. The van der Waals surface area contributed by atoms with E-state index in [0.717, 1.165) is 0 Å². The Morgan fingerprint density at radius 1 is 1.08 bits per heavy atom. The van der Waals surface area contributed by atoms with Crippen LogP contribution in [-0.4, -0.2) is 25.2 Å². The maximum atomic E-state index is 12.3. The monoisotopic (exact) mass is 384 g/mol. The molecule has 0 aliphatic carbocycles. The highest BCUT2D eigenvalue weighted by atomic mass is 35.5. The first-order valence-electron chi connectivity index (χ1n) is 6.74. The summed E-state index contributed by atoms with van der Waals surface area (Å²) in [5.41, 5.74) is 0.871. The van der Waals surface area contributed by atoms with Crippen LogP contribution in [0.5, 0.6) is 11.5 Å². The minimum Gasteiger partial charge on any atom is -0.493 e. The number of ether oxygens (including phenoxy) is 2. The van der Waals surface area contributed by atoms with Gasteiger partial charge in [-0.2, -0.15) is 0 Å². The number of halogens is 2. The highest BCUT2D eigenvalue weighted by molar-refractivity contribution is 7.80. The molecule has 24 heavy (non-hydrogen) atoms. The summed E-state index contributed by atoms with van der Waals surface area (Å²) >= 11 is 17.1. The molecule has 0 aromatic heterocycles. The summed E-state index contributed by atoms with van der Waals surface area (Å²) in [6, 6.07) is 9.87. The highest BCUT2D eigenvalue weighted by Crippen LogP contribution is 2.29. The van der Waals surface area contributed by atoms with Gasteiger partial charge in [-0.1, -0.05) is 29.3 Å². The van der Waals surface area contributed by atoms with E-state index in [2.05, 4.69) is 10.6 Å². The fraction of sp³-hybridized carbons (Fsp3) is 0.125. The zero-order valence-electron chi connectivity index (χ0n) is 12.9. The molecule has 2 aromatic carbocycles. The summed E-state index contributed by atoms with van der Waals surface area (Å²) in [6.07, 6.45) is 0. The van der Waals surface area contributed by atoms with Crippen molar-refractivity contribution in [2.24, 2.45) is 0 Å². The lowest BCUT2D eigenvalue weighted by molar-refractivity contribution is 0.0977. The smallest absolute Gasteiger partial charge is 0.257 e. The van der Waals surface area contributed by atoms with Crippen LogP contribution in [0.2, 0.25) is 10.0 Å². The lowest BCUT2D eigenvalue weighted by atomic mass is 10.2. The van der Waals surface area contributed by atoms with Gasteiger partial charge in [-0.15, -0.1) is 0 Å². The molecule has 0 bridgehead atoms. The number of nitrogens with one attached hydrogen (secondary N) is 2. The molecule has 8 heteroatoms. The Balaban J connectivity index is 2.09. The summed E-state index contributed by atoms with van der Waals surface area (Å²) in [6.45, 7) is 0. The molecule has 0 spiro atoms. The zero-order valence-corrected chi connectivity index (χ0v) is 15.2. The van der Waals surface area contributed by atoms with Gasteiger partial charge >= 0.3 is 0 Å². The lowest BCUT2D eigenvalue weighted by Gasteiger charge is -2.12. The predicted molar refractivity (Wildman–Crippen MR) is 99.7 cm³/mol. The van der Waals surface area contributed by atoms with Gasteiger partial charge in [-0.05, 0) is 42.5 Å². The topological polar surface area (TPSA) is 59.6 Å². The van der Waals surface area contributed by atoms with Crippen LogP contribution in [0.25, 0.3) is 0 Å². The van der Waals surface area contributed by atoms with E-state index in [9.17, 15) is 4.79 Å². The maximum absolute atomic E-state index is 12.3. The van der Waals surface area contributed by atoms with Crippen molar-refractivity contribution in [1.82, 2.24) is 5.32 Å². The Kier molecular flexibility index (Phi) is 6.25. The van der Waals surface area contributed by atoms with Crippen LogP contribution in [0, 0.1) is 0 Å². The molecule has 0 aliphatic heterocycles. The SMILES string of the molecule is COc1ccc(C(=O)NC(=S)Nc2cccc(Cl)c2Cl)cc1OC. The third kappa shape index (κ3) is 4.29. The molecule has 2 aromatic rings. The molecular formula is C16H14Cl2N2O3S. The van der Waals surface area contributed by atoms with Crippen LogP contribution in [0.4, 0.5) is 5.69 Å². The van der Waals surface area contributed by atoms with Gasteiger partial charge in [-0.25, -0.2) is 0 Å². The number of methoxy groups -OCH3 is 2. The number of rotatable bonds is 4. The molecule has 5 nitrogen and oxygen atoms in total. The third-order valence-corrected chi connectivity index (χ3v) is 4.10. The number of benzene rings is 2. The number of hydrogen-bond acceptors (Lipinski definition) is 4. The first-order valence-corrected chi connectivity index (χ1v) is 7.91. The average molecular weight is 385 g/mol. The van der Waals surface area contributed by atoms with Crippen LogP contribution in [-0.2, 0) is 0 Å². The second-order valence-corrected chi connectivity index (χ2v) is 5.77. The Morgan fingerprint density at radius 2 is 1.79 bits per heavy atom. The number of hydrogen-bond donors (Lipinski definition) is 2. The number of carbonyl (C=O) groups is 1. The molecule has 0 aliphatic rings. The molecule has 0 fully saturated rings. The average Bonchev–Trinajstić information content (AvgIpc) is 2.58. The normalized spacial score (nSPS) is 10.0. The molecule has 0 atom stereocenters. The summed E-state index contributed by atoms with van der Waals surface area (Å²) in [7, 11) is 3.01. The van der Waals surface area contributed by atoms with Crippen molar-refractivity contribution in [2.45, 2.75) is 0 Å². The number of thiocarbonyl (C=S) groups is 1. The summed E-state index contributed by atoms with van der Waals surface area (Å²) in [5.74, 6) is 0.578. The first kappa shape index (κ1) is 18.3. The fourth-order valence-corrected chi connectivity index (χ4v) is 2.46. The van der Waals surface area contributed by atoms with Crippen molar-refractivity contribution in [3.05, 3.63) is 52.0 Å². The zero-order chi connectivity index (χ0) is 17.7. The van der Waals surface area contributed by atoms with Crippen LogP contribution < -0.4 is 20.1 Å². The van der Waals surface area contributed by atoms with Crippen LogP contribution in [0.15, 0.2) is 36.4 Å². The minimum absolute atomic E-state index is 0.0963. The second-order valence-electron chi connectivity index (χ2n) is 4.58. The van der Waals surface area contributed by atoms with Crippen molar-refractivity contribution in [3.8, 4) is 11.5 Å². The quantitative estimate of drug-likeness (QED) is 0.775. The summed E-state index contributed by atoms with van der Waals surface area (Å²) < 4.78 is 10.3. The van der Waals surface area contributed by atoms with Crippen molar-refractivity contribution in [2.75, 3.05) is 19.5 Å². The van der Waals surface area contributed by atoms with E-state index in [1.165, 1.54) is 14.2 Å². The largest absolute Gasteiger partial charge is 0.493 e. The van der Waals surface area contributed by atoms with Crippen molar-refractivity contribution in [1.29, 1.82) is 0 Å². The highest BCUT2D eigenvalue weighted by Gasteiger charge is 2.13. The molecule has 126 valence electrons. The molecule has 0 heterocycles. The number of carbonyl (C=O) groups excluding carboxylic acids is 1. The van der Waals surface area contributed by atoms with Gasteiger partial charge in [0.1, 0.15) is 0 Å². The third-order valence-electron chi connectivity index (χ3n) is 3.07. The number of amides is 1. The van der Waals surface area contributed by atoms with Gasteiger partial charge in [0.15, 0.2) is 16.6 Å². The predicted octanol–water partition coefficient (Wildman–Crippen LogP) is 4.14. The number of anilines is 1. The Labute approximate surface area is 154 Å². The standard InChI is InChI=1S/C16H14Cl2N2O3S/c1-22-12-7-6-9(8-13(12)23-2)15(21)20-16(24)19-11-5-3-4-10(17)14(11)18/h3-8H,1-2H3,(H2,19,20,21,24). The first-order chi connectivity index (χ1) is 11.5. The van der Waals surface area contributed by atoms with E-state index in [1.807, 2.05) is 0 Å². The molecule has 2 N–H and O–H groups in total. The van der Waals surface area contributed by atoms with Crippen molar-refractivity contribution < 1.29 is 14.3 Å². The van der Waals surface area contributed by atoms with E-state index in [1.54, 1.807) is 36.4 Å². The van der Waals surface area contributed by atoms with Gasteiger partial charge in [0.25, 0.3) is 5.91 Å². The van der Waals surface area contributed by atoms with Gasteiger partial charge < -0.3 is 14.8 Å². The molecule has 0 saturated carbocycles. The Bertz CT molecular complexity index is 784. The van der Waals surface area contributed by atoms with Gasteiger partial charge in [0.2, 0.25) is 0 Å². The van der Waals surface area contributed by atoms with Gasteiger partial charge in [-0.3, -0.25) is 10.1 Å².